The number of hydrogen-bond acceptors (Lipinski definition) is 7. The molecule has 1 amide bonds. The average molecular weight is 478 g/mol. The van der Waals surface area contributed by atoms with E-state index in [0.717, 1.165) is 44.2 Å². The highest BCUT2D eigenvalue weighted by molar-refractivity contribution is 6.01. The molecule has 3 aromatic rings. The van der Waals surface area contributed by atoms with Gasteiger partial charge in [-0.2, -0.15) is 5.10 Å². The summed E-state index contributed by atoms with van der Waals surface area (Å²) < 4.78 is 12.5. The van der Waals surface area contributed by atoms with Crippen molar-refractivity contribution in [2.24, 2.45) is 0 Å². The van der Waals surface area contributed by atoms with Crippen molar-refractivity contribution >= 4 is 17.7 Å². The van der Waals surface area contributed by atoms with Gasteiger partial charge in [-0.15, -0.1) is 0 Å². The molecule has 1 N–H and O–H groups in total. The summed E-state index contributed by atoms with van der Waals surface area (Å²) in [4.78, 5) is 29.8. The van der Waals surface area contributed by atoms with E-state index in [2.05, 4.69) is 20.2 Å². The zero-order chi connectivity index (χ0) is 24.5. The largest absolute Gasteiger partial charge is 0.492 e. The van der Waals surface area contributed by atoms with E-state index in [9.17, 15) is 9.59 Å². The normalized spacial score (nSPS) is 14.4. The van der Waals surface area contributed by atoms with Crippen molar-refractivity contribution in [2.45, 2.75) is 6.92 Å². The number of carbonyl (C=O) groups is 2. The number of anilines is 1. The van der Waals surface area contributed by atoms with Crippen LogP contribution in [0.1, 0.15) is 17.3 Å². The Bertz CT molecular complexity index is 1100. The summed E-state index contributed by atoms with van der Waals surface area (Å²) in [5.74, 6) is 0.474. The SMILES string of the molecule is CCOC(=O)c1cnn(-c2ccccc2)c1NC(=O)CN1CCN(CCOc2ccccc2)CC1. The predicted octanol–water partition coefficient (Wildman–Crippen LogP) is 2.68. The first kappa shape index (κ1) is 24.4. The van der Waals surface area contributed by atoms with Gasteiger partial charge in [0.1, 0.15) is 17.9 Å². The molecule has 0 bridgehead atoms. The van der Waals surface area contributed by atoms with Gasteiger partial charge < -0.3 is 14.8 Å². The van der Waals surface area contributed by atoms with Gasteiger partial charge in [-0.05, 0) is 31.2 Å². The lowest BCUT2D eigenvalue weighted by molar-refractivity contribution is -0.117. The Hall–Kier alpha value is -3.69. The van der Waals surface area contributed by atoms with E-state index in [1.165, 1.54) is 6.20 Å². The fourth-order valence-electron chi connectivity index (χ4n) is 3.95. The molecule has 1 aliphatic rings. The summed E-state index contributed by atoms with van der Waals surface area (Å²) in [7, 11) is 0. The van der Waals surface area contributed by atoms with E-state index in [0.29, 0.717) is 12.4 Å². The van der Waals surface area contributed by atoms with Gasteiger partial charge in [0.15, 0.2) is 5.82 Å². The number of esters is 1. The Kier molecular flexibility index (Phi) is 8.48. The van der Waals surface area contributed by atoms with E-state index in [1.807, 2.05) is 60.7 Å². The van der Waals surface area contributed by atoms with Crippen molar-refractivity contribution in [3.63, 3.8) is 0 Å². The molecule has 1 aromatic heterocycles. The summed E-state index contributed by atoms with van der Waals surface area (Å²) >= 11 is 0. The lowest BCUT2D eigenvalue weighted by Crippen LogP contribution is -2.49. The number of amides is 1. The lowest BCUT2D eigenvalue weighted by Gasteiger charge is -2.34. The van der Waals surface area contributed by atoms with Gasteiger partial charge in [0.2, 0.25) is 5.91 Å². The maximum absolute atomic E-state index is 12.9. The Morgan fingerprint density at radius 1 is 0.943 bits per heavy atom. The molecule has 0 saturated carbocycles. The van der Waals surface area contributed by atoms with Crippen molar-refractivity contribution in [2.75, 3.05) is 57.8 Å². The molecule has 4 rings (SSSR count). The second-order valence-electron chi connectivity index (χ2n) is 8.20. The highest BCUT2D eigenvalue weighted by atomic mass is 16.5. The molecule has 9 nitrogen and oxygen atoms in total. The summed E-state index contributed by atoms with van der Waals surface area (Å²) in [6.07, 6.45) is 1.43. The van der Waals surface area contributed by atoms with E-state index in [4.69, 9.17) is 9.47 Å². The van der Waals surface area contributed by atoms with E-state index < -0.39 is 5.97 Å². The van der Waals surface area contributed by atoms with Crippen molar-refractivity contribution < 1.29 is 19.1 Å². The second-order valence-corrected chi connectivity index (χ2v) is 8.20. The third-order valence-corrected chi connectivity index (χ3v) is 5.77. The Morgan fingerprint density at radius 3 is 2.29 bits per heavy atom. The van der Waals surface area contributed by atoms with Gasteiger partial charge in [0.05, 0.1) is 25.0 Å². The van der Waals surface area contributed by atoms with Crippen LogP contribution in [-0.4, -0.2) is 83.9 Å². The number of hydrogen-bond donors (Lipinski definition) is 1. The number of nitrogens with one attached hydrogen (secondary N) is 1. The first-order valence-electron chi connectivity index (χ1n) is 11.9. The number of nitrogens with zero attached hydrogens (tertiary/aromatic N) is 4. The van der Waals surface area contributed by atoms with Crippen molar-refractivity contribution in [3.05, 3.63) is 72.4 Å². The second kappa shape index (κ2) is 12.1. The molecule has 0 atom stereocenters. The fourth-order valence-corrected chi connectivity index (χ4v) is 3.95. The molecular formula is C26H31N5O4. The zero-order valence-electron chi connectivity index (χ0n) is 19.9. The third-order valence-electron chi connectivity index (χ3n) is 5.77. The number of ether oxygens (including phenoxy) is 2. The van der Waals surface area contributed by atoms with Crippen LogP contribution in [0.5, 0.6) is 5.75 Å². The number of benzene rings is 2. The maximum atomic E-state index is 12.9. The van der Waals surface area contributed by atoms with Crippen molar-refractivity contribution in [3.8, 4) is 11.4 Å². The number of carbonyl (C=O) groups excluding carboxylic acids is 2. The fraction of sp³-hybridized carbons (Fsp3) is 0.346. The summed E-state index contributed by atoms with van der Waals surface area (Å²) in [6.45, 7) is 6.97. The lowest BCUT2D eigenvalue weighted by atomic mass is 10.3. The minimum absolute atomic E-state index is 0.200. The van der Waals surface area contributed by atoms with E-state index in [-0.39, 0.29) is 24.6 Å². The Labute approximate surface area is 205 Å². The molecule has 2 heterocycles. The van der Waals surface area contributed by atoms with Crippen LogP contribution < -0.4 is 10.1 Å². The summed E-state index contributed by atoms with van der Waals surface area (Å²) in [5.41, 5.74) is 0.969. The standard InChI is InChI=1S/C26H31N5O4/c1-2-34-26(33)23-19-27-31(21-9-5-3-6-10-21)25(23)28-24(32)20-30-15-13-29(14-16-30)17-18-35-22-11-7-4-8-12-22/h3-12,19H,2,13-18,20H2,1H3,(H,28,32). The van der Waals surface area contributed by atoms with Crippen LogP contribution in [0.3, 0.4) is 0 Å². The minimum Gasteiger partial charge on any atom is -0.492 e. The number of aromatic nitrogens is 2. The summed E-state index contributed by atoms with van der Waals surface area (Å²) in [5, 5.41) is 7.21. The topological polar surface area (TPSA) is 88.9 Å². The molecule has 0 spiro atoms. The van der Waals surface area contributed by atoms with Crippen LogP contribution >= 0.6 is 0 Å². The van der Waals surface area contributed by atoms with Crippen LogP contribution in [0.15, 0.2) is 66.9 Å². The first-order chi connectivity index (χ1) is 17.1. The van der Waals surface area contributed by atoms with Crippen LogP contribution in [0.25, 0.3) is 5.69 Å². The third kappa shape index (κ3) is 6.68. The average Bonchev–Trinajstić information content (AvgIpc) is 3.30. The van der Waals surface area contributed by atoms with Crippen LogP contribution in [0.4, 0.5) is 5.82 Å². The highest BCUT2D eigenvalue weighted by Crippen LogP contribution is 2.21. The summed E-state index contributed by atoms with van der Waals surface area (Å²) in [6, 6.07) is 19.1. The number of para-hydroxylation sites is 2. The van der Waals surface area contributed by atoms with Crippen LogP contribution in [0.2, 0.25) is 0 Å². The first-order valence-corrected chi connectivity index (χ1v) is 11.9. The Balaban J connectivity index is 1.31. The molecule has 2 aromatic carbocycles. The van der Waals surface area contributed by atoms with Gasteiger partial charge in [-0.3, -0.25) is 14.6 Å². The molecule has 1 aliphatic heterocycles. The number of piperazine rings is 1. The highest BCUT2D eigenvalue weighted by Gasteiger charge is 2.24. The monoisotopic (exact) mass is 477 g/mol. The maximum Gasteiger partial charge on any atom is 0.343 e. The molecule has 1 saturated heterocycles. The van der Waals surface area contributed by atoms with E-state index >= 15 is 0 Å². The van der Waals surface area contributed by atoms with Crippen LogP contribution in [0, 0.1) is 0 Å². The van der Waals surface area contributed by atoms with Crippen molar-refractivity contribution in [1.29, 1.82) is 0 Å². The quantitative estimate of drug-likeness (QED) is 0.449. The molecular weight excluding hydrogens is 446 g/mol. The van der Waals surface area contributed by atoms with Crippen LogP contribution in [-0.2, 0) is 9.53 Å². The van der Waals surface area contributed by atoms with Gasteiger partial charge in [0.25, 0.3) is 0 Å². The van der Waals surface area contributed by atoms with Gasteiger partial charge in [-0.25, -0.2) is 9.48 Å². The van der Waals surface area contributed by atoms with Gasteiger partial charge in [-0.1, -0.05) is 36.4 Å². The Morgan fingerprint density at radius 2 is 1.60 bits per heavy atom. The molecule has 9 heteroatoms. The molecule has 35 heavy (non-hydrogen) atoms. The van der Waals surface area contributed by atoms with Gasteiger partial charge >= 0.3 is 5.97 Å². The zero-order valence-corrected chi connectivity index (χ0v) is 19.9. The molecule has 1 fully saturated rings. The minimum atomic E-state index is -0.517. The van der Waals surface area contributed by atoms with E-state index in [1.54, 1.807) is 11.6 Å². The van der Waals surface area contributed by atoms with Crippen molar-refractivity contribution in [1.82, 2.24) is 19.6 Å². The molecule has 0 unspecified atom stereocenters. The number of rotatable bonds is 10. The van der Waals surface area contributed by atoms with Gasteiger partial charge in [0, 0.05) is 32.7 Å². The predicted molar refractivity (Wildman–Crippen MR) is 133 cm³/mol. The molecule has 0 radical (unpaired) electrons. The molecule has 184 valence electrons. The molecule has 0 aliphatic carbocycles. The smallest absolute Gasteiger partial charge is 0.343 e.